The standard InChI is InChI=1S/C11H14O2S/c1-11(2,3)13-10(12)8-4-6-9(14)7-5-8/h4-7,14H,1-3H3. The Morgan fingerprint density at radius 2 is 1.71 bits per heavy atom. The Labute approximate surface area is 89.7 Å². The van der Waals surface area contributed by atoms with E-state index in [4.69, 9.17) is 4.74 Å². The largest absolute Gasteiger partial charge is 0.456 e. The summed E-state index contributed by atoms with van der Waals surface area (Å²) >= 11 is 4.13. The molecule has 0 fully saturated rings. The van der Waals surface area contributed by atoms with E-state index in [1.165, 1.54) is 0 Å². The number of thiol groups is 1. The molecule has 0 N–H and O–H groups in total. The van der Waals surface area contributed by atoms with E-state index in [2.05, 4.69) is 12.6 Å². The quantitative estimate of drug-likeness (QED) is 0.570. The van der Waals surface area contributed by atoms with E-state index in [1.54, 1.807) is 24.3 Å². The maximum absolute atomic E-state index is 11.5. The first kappa shape index (κ1) is 11.1. The van der Waals surface area contributed by atoms with E-state index in [-0.39, 0.29) is 5.97 Å². The minimum absolute atomic E-state index is 0.300. The second-order valence-corrected chi connectivity index (χ2v) is 4.57. The molecule has 0 unspecified atom stereocenters. The summed E-state index contributed by atoms with van der Waals surface area (Å²) in [5, 5.41) is 0. The highest BCUT2D eigenvalue weighted by molar-refractivity contribution is 7.80. The van der Waals surface area contributed by atoms with Gasteiger partial charge in [0.1, 0.15) is 5.60 Å². The smallest absolute Gasteiger partial charge is 0.338 e. The van der Waals surface area contributed by atoms with Crippen LogP contribution in [-0.2, 0) is 4.74 Å². The molecule has 0 radical (unpaired) electrons. The predicted molar refractivity (Wildman–Crippen MR) is 58.9 cm³/mol. The third-order valence-electron chi connectivity index (χ3n) is 1.50. The molecular weight excluding hydrogens is 196 g/mol. The van der Waals surface area contributed by atoms with Crippen LogP contribution in [0.1, 0.15) is 31.1 Å². The lowest BCUT2D eigenvalue weighted by Gasteiger charge is -2.19. The van der Waals surface area contributed by atoms with Gasteiger partial charge in [-0.25, -0.2) is 4.79 Å². The SMILES string of the molecule is CC(C)(C)OC(=O)c1ccc(S)cc1. The molecule has 0 heterocycles. The summed E-state index contributed by atoms with van der Waals surface area (Å²) in [6, 6.07) is 6.94. The van der Waals surface area contributed by atoms with Crippen LogP contribution >= 0.6 is 12.6 Å². The first-order valence-corrected chi connectivity index (χ1v) is 4.85. The summed E-state index contributed by atoms with van der Waals surface area (Å²) in [4.78, 5) is 12.4. The number of benzene rings is 1. The van der Waals surface area contributed by atoms with E-state index < -0.39 is 5.60 Å². The van der Waals surface area contributed by atoms with Crippen molar-refractivity contribution in [1.29, 1.82) is 0 Å². The number of carbonyl (C=O) groups excluding carboxylic acids is 1. The lowest BCUT2D eigenvalue weighted by Crippen LogP contribution is -2.23. The van der Waals surface area contributed by atoms with Crippen LogP contribution in [0.2, 0.25) is 0 Å². The maximum atomic E-state index is 11.5. The molecule has 0 aliphatic rings. The van der Waals surface area contributed by atoms with Gasteiger partial charge in [-0.3, -0.25) is 0 Å². The second kappa shape index (κ2) is 4.05. The van der Waals surface area contributed by atoms with Gasteiger partial charge in [-0.15, -0.1) is 12.6 Å². The molecular formula is C11H14O2S. The molecule has 0 spiro atoms. The van der Waals surface area contributed by atoms with Crippen molar-refractivity contribution in [3.8, 4) is 0 Å². The van der Waals surface area contributed by atoms with Gasteiger partial charge >= 0.3 is 5.97 Å². The van der Waals surface area contributed by atoms with Gasteiger partial charge in [-0.05, 0) is 45.0 Å². The molecule has 0 saturated carbocycles. The van der Waals surface area contributed by atoms with Gasteiger partial charge in [0, 0.05) is 4.90 Å². The van der Waals surface area contributed by atoms with Crippen LogP contribution < -0.4 is 0 Å². The topological polar surface area (TPSA) is 26.3 Å². The summed E-state index contributed by atoms with van der Waals surface area (Å²) < 4.78 is 5.20. The second-order valence-electron chi connectivity index (χ2n) is 4.05. The van der Waals surface area contributed by atoms with Crippen LogP contribution in [0.15, 0.2) is 29.2 Å². The number of carbonyl (C=O) groups is 1. The first-order chi connectivity index (χ1) is 6.38. The molecule has 0 atom stereocenters. The lowest BCUT2D eigenvalue weighted by atomic mass is 10.2. The van der Waals surface area contributed by atoms with Crippen LogP contribution in [0.25, 0.3) is 0 Å². The Balaban J connectivity index is 2.76. The Morgan fingerprint density at radius 3 is 2.14 bits per heavy atom. The van der Waals surface area contributed by atoms with Crippen molar-refractivity contribution < 1.29 is 9.53 Å². The van der Waals surface area contributed by atoms with E-state index in [0.29, 0.717) is 5.56 Å². The fourth-order valence-electron chi connectivity index (χ4n) is 0.935. The van der Waals surface area contributed by atoms with Crippen molar-refractivity contribution in [1.82, 2.24) is 0 Å². The zero-order valence-electron chi connectivity index (χ0n) is 8.57. The molecule has 1 aromatic rings. The van der Waals surface area contributed by atoms with Gasteiger partial charge < -0.3 is 4.74 Å². The summed E-state index contributed by atoms with van der Waals surface area (Å²) in [7, 11) is 0. The third kappa shape index (κ3) is 3.42. The number of rotatable bonds is 1. The van der Waals surface area contributed by atoms with Gasteiger partial charge in [0.05, 0.1) is 5.56 Å². The van der Waals surface area contributed by atoms with E-state index >= 15 is 0 Å². The molecule has 1 aromatic carbocycles. The van der Waals surface area contributed by atoms with Gasteiger partial charge in [-0.1, -0.05) is 0 Å². The number of hydrogen-bond acceptors (Lipinski definition) is 3. The van der Waals surface area contributed by atoms with E-state index in [9.17, 15) is 4.79 Å². The minimum atomic E-state index is -0.448. The van der Waals surface area contributed by atoms with Crippen molar-refractivity contribution in [3.05, 3.63) is 29.8 Å². The molecule has 0 aromatic heterocycles. The van der Waals surface area contributed by atoms with Crippen LogP contribution in [-0.4, -0.2) is 11.6 Å². The minimum Gasteiger partial charge on any atom is -0.456 e. The zero-order valence-corrected chi connectivity index (χ0v) is 9.47. The monoisotopic (exact) mass is 210 g/mol. The van der Waals surface area contributed by atoms with E-state index in [0.717, 1.165) is 4.90 Å². The molecule has 14 heavy (non-hydrogen) atoms. The molecule has 3 heteroatoms. The van der Waals surface area contributed by atoms with Gasteiger partial charge in [-0.2, -0.15) is 0 Å². The van der Waals surface area contributed by atoms with Crippen LogP contribution in [0.5, 0.6) is 0 Å². The molecule has 2 nitrogen and oxygen atoms in total. The highest BCUT2D eigenvalue weighted by Crippen LogP contribution is 2.13. The van der Waals surface area contributed by atoms with E-state index in [1.807, 2.05) is 20.8 Å². The van der Waals surface area contributed by atoms with Crippen molar-refractivity contribution in [2.75, 3.05) is 0 Å². The summed E-state index contributed by atoms with van der Waals surface area (Å²) in [5.74, 6) is -0.300. The third-order valence-corrected chi connectivity index (χ3v) is 1.80. The normalized spacial score (nSPS) is 11.1. The maximum Gasteiger partial charge on any atom is 0.338 e. The van der Waals surface area contributed by atoms with Gasteiger partial charge in [0.25, 0.3) is 0 Å². The van der Waals surface area contributed by atoms with Gasteiger partial charge in [0.2, 0.25) is 0 Å². The Bertz CT molecular complexity index is 322. The lowest BCUT2D eigenvalue weighted by molar-refractivity contribution is 0.00695. The zero-order chi connectivity index (χ0) is 10.8. The molecule has 0 saturated heterocycles. The fourth-order valence-corrected chi connectivity index (χ4v) is 1.08. The van der Waals surface area contributed by atoms with Crippen LogP contribution in [0.4, 0.5) is 0 Å². The fraction of sp³-hybridized carbons (Fsp3) is 0.364. The Morgan fingerprint density at radius 1 is 1.21 bits per heavy atom. The molecule has 0 aliphatic heterocycles. The highest BCUT2D eigenvalue weighted by atomic mass is 32.1. The van der Waals surface area contributed by atoms with Crippen LogP contribution in [0.3, 0.4) is 0 Å². The summed E-state index contributed by atoms with van der Waals surface area (Å²) in [6.45, 7) is 5.54. The first-order valence-electron chi connectivity index (χ1n) is 4.41. The molecule has 0 aliphatic carbocycles. The number of hydrogen-bond donors (Lipinski definition) is 1. The average molecular weight is 210 g/mol. The summed E-state index contributed by atoms with van der Waals surface area (Å²) in [6.07, 6.45) is 0. The van der Waals surface area contributed by atoms with Crippen molar-refractivity contribution in [2.24, 2.45) is 0 Å². The average Bonchev–Trinajstić information content (AvgIpc) is 2.02. The molecule has 0 amide bonds. The molecule has 76 valence electrons. The number of esters is 1. The highest BCUT2D eigenvalue weighted by Gasteiger charge is 2.17. The van der Waals surface area contributed by atoms with Crippen molar-refractivity contribution in [3.63, 3.8) is 0 Å². The molecule has 0 bridgehead atoms. The number of ether oxygens (including phenoxy) is 1. The summed E-state index contributed by atoms with van der Waals surface area (Å²) in [5.41, 5.74) is 0.106. The Hall–Kier alpha value is -0.960. The Kier molecular flexibility index (Phi) is 3.21. The predicted octanol–water partition coefficient (Wildman–Crippen LogP) is 2.93. The molecule has 1 rings (SSSR count). The van der Waals surface area contributed by atoms with Crippen molar-refractivity contribution in [2.45, 2.75) is 31.3 Å². The van der Waals surface area contributed by atoms with Crippen molar-refractivity contribution >= 4 is 18.6 Å². The van der Waals surface area contributed by atoms with Crippen LogP contribution in [0, 0.1) is 0 Å². The van der Waals surface area contributed by atoms with Gasteiger partial charge in [0.15, 0.2) is 0 Å².